The van der Waals surface area contributed by atoms with Gasteiger partial charge in [0, 0.05) is 12.4 Å². The summed E-state index contributed by atoms with van der Waals surface area (Å²) in [6, 6.07) is 3.97. The Kier molecular flexibility index (Phi) is 1.46. The Morgan fingerprint density at radius 2 is 2.36 bits per heavy atom. The van der Waals surface area contributed by atoms with Gasteiger partial charge in [0.25, 0.3) is 0 Å². The molecular weight excluding hydrogens is 204 g/mol. The summed E-state index contributed by atoms with van der Waals surface area (Å²) in [6.07, 6.45) is 3.99. The number of hydrogen-bond acceptors (Lipinski definition) is 1. The van der Waals surface area contributed by atoms with Gasteiger partial charge in [-0.25, -0.2) is 4.98 Å². The first kappa shape index (κ1) is 6.85. The Hall–Kier alpha value is -0.830. The van der Waals surface area contributed by atoms with Crippen molar-refractivity contribution in [2.24, 2.45) is 0 Å². The average molecular weight is 211 g/mol. The molecule has 2 aromatic rings. The van der Waals surface area contributed by atoms with Crippen LogP contribution in [0.25, 0.3) is 5.65 Å². The third-order valence-corrected chi connectivity index (χ3v) is 2.17. The summed E-state index contributed by atoms with van der Waals surface area (Å²) in [6.45, 7) is 1.99. The predicted molar refractivity (Wildman–Crippen MR) is 47.6 cm³/mol. The Morgan fingerprint density at radius 1 is 1.55 bits per heavy atom. The van der Waals surface area contributed by atoms with Crippen LogP contribution >= 0.6 is 15.9 Å². The van der Waals surface area contributed by atoms with E-state index < -0.39 is 0 Å². The van der Waals surface area contributed by atoms with Crippen LogP contribution in [0.2, 0.25) is 0 Å². The molecule has 0 radical (unpaired) electrons. The van der Waals surface area contributed by atoms with Gasteiger partial charge in [-0.2, -0.15) is 0 Å². The minimum Gasteiger partial charge on any atom is -0.306 e. The van der Waals surface area contributed by atoms with E-state index in [1.807, 2.05) is 35.9 Å². The molecule has 0 unspecified atom stereocenters. The average Bonchev–Trinajstić information content (AvgIpc) is 2.31. The lowest BCUT2D eigenvalue weighted by atomic mass is 10.5. The molecule has 0 saturated heterocycles. The number of rotatable bonds is 0. The van der Waals surface area contributed by atoms with Crippen LogP contribution in [-0.4, -0.2) is 9.38 Å². The van der Waals surface area contributed by atoms with E-state index >= 15 is 0 Å². The smallest absolute Gasteiger partial charge is 0.151 e. The van der Waals surface area contributed by atoms with Crippen molar-refractivity contribution in [1.82, 2.24) is 9.38 Å². The molecule has 0 aliphatic carbocycles. The topological polar surface area (TPSA) is 17.3 Å². The summed E-state index contributed by atoms with van der Waals surface area (Å²) in [5, 5.41) is 0. The van der Waals surface area contributed by atoms with E-state index in [1.54, 1.807) is 0 Å². The van der Waals surface area contributed by atoms with Gasteiger partial charge in [-0.05, 0) is 35.0 Å². The van der Waals surface area contributed by atoms with E-state index in [0.29, 0.717) is 0 Å². The first-order valence-electron chi connectivity index (χ1n) is 3.37. The van der Waals surface area contributed by atoms with E-state index in [4.69, 9.17) is 0 Å². The van der Waals surface area contributed by atoms with Gasteiger partial charge in [0.2, 0.25) is 0 Å². The highest BCUT2D eigenvalue weighted by atomic mass is 79.9. The minimum atomic E-state index is 0.977. The molecule has 0 amide bonds. The molecule has 11 heavy (non-hydrogen) atoms. The summed E-state index contributed by atoms with van der Waals surface area (Å²) in [5.74, 6) is 0. The van der Waals surface area contributed by atoms with Gasteiger partial charge in [0.15, 0.2) is 5.65 Å². The summed E-state index contributed by atoms with van der Waals surface area (Å²) < 4.78 is 3.03. The maximum atomic E-state index is 4.33. The summed E-state index contributed by atoms with van der Waals surface area (Å²) in [7, 11) is 0. The molecule has 0 N–H and O–H groups in total. The van der Waals surface area contributed by atoms with Gasteiger partial charge in [0.1, 0.15) is 0 Å². The molecule has 0 spiro atoms. The summed E-state index contributed by atoms with van der Waals surface area (Å²) in [4.78, 5) is 4.33. The molecule has 56 valence electrons. The van der Waals surface area contributed by atoms with Crippen molar-refractivity contribution in [1.29, 1.82) is 0 Å². The van der Waals surface area contributed by atoms with E-state index in [1.165, 1.54) is 0 Å². The Balaban J connectivity index is 2.90. The molecule has 0 saturated carbocycles. The molecular formula is C8H7BrN2. The third kappa shape index (κ3) is 1.05. The second kappa shape index (κ2) is 2.34. The van der Waals surface area contributed by atoms with Crippen LogP contribution < -0.4 is 0 Å². The van der Waals surface area contributed by atoms with Gasteiger partial charge in [0.05, 0.1) is 10.2 Å². The number of hydrogen-bond donors (Lipinski definition) is 0. The first-order chi connectivity index (χ1) is 5.27. The molecule has 0 fully saturated rings. The highest BCUT2D eigenvalue weighted by molar-refractivity contribution is 9.10. The Morgan fingerprint density at radius 3 is 3.09 bits per heavy atom. The normalized spacial score (nSPS) is 10.7. The van der Waals surface area contributed by atoms with Crippen LogP contribution in [-0.2, 0) is 0 Å². The second-order valence-electron chi connectivity index (χ2n) is 2.47. The quantitative estimate of drug-likeness (QED) is 0.653. The van der Waals surface area contributed by atoms with Crippen molar-refractivity contribution in [2.45, 2.75) is 6.92 Å². The SMILES string of the molecule is Cc1cn2cccc(Br)c2n1. The van der Waals surface area contributed by atoms with Crippen LogP contribution in [0.5, 0.6) is 0 Å². The number of aryl methyl sites for hydroxylation is 1. The Labute approximate surface area is 73.0 Å². The minimum absolute atomic E-state index is 0.977. The summed E-state index contributed by atoms with van der Waals surface area (Å²) >= 11 is 3.43. The molecule has 0 bridgehead atoms. The van der Waals surface area contributed by atoms with Gasteiger partial charge in [-0.15, -0.1) is 0 Å². The number of halogens is 1. The zero-order valence-electron chi connectivity index (χ0n) is 6.08. The molecule has 2 aromatic heterocycles. The van der Waals surface area contributed by atoms with Crippen molar-refractivity contribution >= 4 is 21.6 Å². The molecule has 0 aliphatic rings. The van der Waals surface area contributed by atoms with Gasteiger partial charge >= 0.3 is 0 Å². The monoisotopic (exact) mass is 210 g/mol. The fraction of sp³-hybridized carbons (Fsp3) is 0.125. The second-order valence-corrected chi connectivity index (χ2v) is 3.32. The van der Waals surface area contributed by atoms with E-state index in [9.17, 15) is 0 Å². The lowest BCUT2D eigenvalue weighted by Crippen LogP contribution is -1.80. The number of pyridine rings is 1. The molecule has 0 aliphatic heterocycles. The highest BCUT2D eigenvalue weighted by Crippen LogP contribution is 2.16. The van der Waals surface area contributed by atoms with Crippen LogP contribution in [0.4, 0.5) is 0 Å². The van der Waals surface area contributed by atoms with Crippen LogP contribution in [0.15, 0.2) is 29.0 Å². The highest BCUT2D eigenvalue weighted by Gasteiger charge is 1.99. The maximum Gasteiger partial charge on any atom is 0.151 e. The lowest BCUT2D eigenvalue weighted by Gasteiger charge is -1.92. The van der Waals surface area contributed by atoms with E-state index in [2.05, 4.69) is 20.9 Å². The predicted octanol–water partition coefficient (Wildman–Crippen LogP) is 2.41. The molecule has 2 heterocycles. The van der Waals surface area contributed by atoms with Crippen LogP contribution in [0.1, 0.15) is 5.69 Å². The molecule has 2 rings (SSSR count). The van der Waals surface area contributed by atoms with E-state index in [-0.39, 0.29) is 0 Å². The van der Waals surface area contributed by atoms with Crippen molar-refractivity contribution in [3.05, 3.63) is 34.7 Å². The summed E-state index contributed by atoms with van der Waals surface area (Å²) in [5.41, 5.74) is 2.02. The fourth-order valence-electron chi connectivity index (χ4n) is 1.10. The van der Waals surface area contributed by atoms with Gasteiger partial charge in [-0.3, -0.25) is 0 Å². The standard InChI is InChI=1S/C8H7BrN2/c1-6-5-11-4-2-3-7(9)8(11)10-6/h2-5H,1H3. The molecule has 0 aromatic carbocycles. The molecule has 3 heteroatoms. The number of nitrogens with zero attached hydrogens (tertiary/aromatic N) is 2. The lowest BCUT2D eigenvalue weighted by molar-refractivity contribution is 1.18. The third-order valence-electron chi connectivity index (χ3n) is 1.56. The van der Waals surface area contributed by atoms with Crippen LogP contribution in [0.3, 0.4) is 0 Å². The zero-order chi connectivity index (χ0) is 7.84. The van der Waals surface area contributed by atoms with Gasteiger partial charge in [-0.1, -0.05) is 0 Å². The number of aromatic nitrogens is 2. The van der Waals surface area contributed by atoms with Crippen molar-refractivity contribution in [2.75, 3.05) is 0 Å². The van der Waals surface area contributed by atoms with Crippen LogP contribution in [0, 0.1) is 6.92 Å². The van der Waals surface area contributed by atoms with E-state index in [0.717, 1.165) is 15.8 Å². The molecule has 0 atom stereocenters. The first-order valence-corrected chi connectivity index (χ1v) is 4.16. The fourth-order valence-corrected chi connectivity index (χ4v) is 1.55. The van der Waals surface area contributed by atoms with Crippen molar-refractivity contribution < 1.29 is 0 Å². The Bertz CT molecular complexity index is 392. The van der Waals surface area contributed by atoms with Crippen molar-refractivity contribution in [3.63, 3.8) is 0 Å². The van der Waals surface area contributed by atoms with Crippen molar-refractivity contribution in [3.8, 4) is 0 Å². The number of imidazole rings is 1. The molecule has 2 nitrogen and oxygen atoms in total. The number of fused-ring (bicyclic) bond motifs is 1. The zero-order valence-corrected chi connectivity index (χ0v) is 7.67. The largest absolute Gasteiger partial charge is 0.306 e. The van der Waals surface area contributed by atoms with Gasteiger partial charge < -0.3 is 4.40 Å². The maximum absolute atomic E-state index is 4.33.